The van der Waals surface area contributed by atoms with Crippen molar-refractivity contribution in [1.82, 2.24) is 0 Å². The lowest BCUT2D eigenvalue weighted by Crippen LogP contribution is -2.44. The number of ether oxygens (including phenoxy) is 4. The van der Waals surface area contributed by atoms with Gasteiger partial charge in [0.05, 0.1) is 28.4 Å². The molecule has 0 amide bonds. The average molecular weight is 393 g/mol. The van der Waals surface area contributed by atoms with E-state index in [9.17, 15) is 0 Å². The van der Waals surface area contributed by atoms with E-state index >= 15 is 0 Å². The first-order valence-corrected chi connectivity index (χ1v) is 11.0. The van der Waals surface area contributed by atoms with Gasteiger partial charge >= 0.3 is 0 Å². The first-order valence-electron chi connectivity index (χ1n) is 7.53. The molecule has 2 aliphatic heterocycles. The van der Waals surface area contributed by atoms with Crippen molar-refractivity contribution in [3.8, 4) is 0 Å². The minimum atomic E-state index is 0.607. The molecule has 2 heterocycles. The summed E-state index contributed by atoms with van der Waals surface area (Å²) in [4.78, 5) is 0. The third-order valence-electron chi connectivity index (χ3n) is 4.93. The van der Waals surface area contributed by atoms with Crippen LogP contribution >= 0.6 is 47.0 Å². The largest absolute Gasteiger partial charge is 0.487 e. The van der Waals surface area contributed by atoms with Gasteiger partial charge in [0.1, 0.15) is 0 Å². The van der Waals surface area contributed by atoms with Crippen LogP contribution in [0.3, 0.4) is 0 Å². The molecular formula is C15H20O4S4. The fraction of sp³-hybridized carbons (Fsp3) is 0.733. The second-order valence-corrected chi connectivity index (χ2v) is 10.5. The highest BCUT2D eigenvalue weighted by Gasteiger charge is 2.62. The Hall–Kier alpha value is 0.0800. The number of hydrogen-bond acceptors (Lipinski definition) is 8. The molecule has 6 atom stereocenters. The molecule has 0 N–H and O–H groups in total. The maximum Gasteiger partial charge on any atom is 0.202 e. The second kappa shape index (κ2) is 6.42. The Labute approximate surface area is 153 Å². The summed E-state index contributed by atoms with van der Waals surface area (Å²) in [7, 11) is 6.94. The Morgan fingerprint density at radius 1 is 0.565 bits per heavy atom. The maximum atomic E-state index is 5.55. The Morgan fingerprint density at radius 3 is 1.04 bits per heavy atom. The molecule has 23 heavy (non-hydrogen) atoms. The zero-order chi connectivity index (χ0) is 16.1. The van der Waals surface area contributed by atoms with E-state index in [0.717, 1.165) is 20.4 Å². The number of fused-ring (bicyclic) bond motifs is 8. The van der Waals surface area contributed by atoms with Crippen molar-refractivity contribution in [3.63, 3.8) is 0 Å². The van der Waals surface area contributed by atoms with Gasteiger partial charge in [0.15, 0.2) is 0 Å². The highest BCUT2D eigenvalue weighted by molar-refractivity contribution is 8.12. The van der Waals surface area contributed by atoms with E-state index in [2.05, 4.69) is 0 Å². The molecule has 4 nitrogen and oxygen atoms in total. The van der Waals surface area contributed by atoms with Crippen LogP contribution in [0.4, 0.5) is 0 Å². The SMILES string of the molecule is COC1=C(OC)S[C@@H]2C3CC([C@H]2S1)[C@@H]1SC(OC)=C(OC)S[C@@H]31. The van der Waals surface area contributed by atoms with Crippen molar-refractivity contribution in [1.29, 1.82) is 0 Å². The Kier molecular flexibility index (Phi) is 4.62. The normalized spacial score (nSPS) is 41.6. The third kappa shape index (κ3) is 2.47. The quantitative estimate of drug-likeness (QED) is 0.713. The van der Waals surface area contributed by atoms with Gasteiger partial charge in [-0.05, 0) is 18.3 Å². The molecule has 8 heteroatoms. The van der Waals surface area contributed by atoms with Crippen LogP contribution in [0.15, 0.2) is 20.4 Å². The van der Waals surface area contributed by atoms with Gasteiger partial charge in [-0.1, -0.05) is 47.0 Å². The van der Waals surface area contributed by atoms with Crippen molar-refractivity contribution in [3.05, 3.63) is 20.4 Å². The fourth-order valence-electron chi connectivity index (χ4n) is 4.03. The van der Waals surface area contributed by atoms with E-state index in [4.69, 9.17) is 18.9 Å². The van der Waals surface area contributed by atoms with Crippen LogP contribution in [-0.4, -0.2) is 49.4 Å². The van der Waals surface area contributed by atoms with Crippen LogP contribution < -0.4 is 0 Å². The van der Waals surface area contributed by atoms with E-state index in [1.807, 2.05) is 47.0 Å². The summed E-state index contributed by atoms with van der Waals surface area (Å²) < 4.78 is 22.2. The lowest BCUT2D eigenvalue weighted by atomic mass is 9.98. The molecule has 2 bridgehead atoms. The molecule has 2 saturated carbocycles. The van der Waals surface area contributed by atoms with Gasteiger partial charge in [-0.2, -0.15) is 0 Å². The Morgan fingerprint density at radius 2 is 0.826 bits per heavy atom. The molecule has 2 aliphatic carbocycles. The molecule has 4 rings (SSSR count). The summed E-state index contributed by atoms with van der Waals surface area (Å²) in [5.74, 6) is 1.38. The highest BCUT2D eigenvalue weighted by atomic mass is 32.2. The van der Waals surface area contributed by atoms with E-state index in [1.165, 1.54) is 6.42 Å². The Balaban J connectivity index is 1.61. The van der Waals surface area contributed by atoms with Gasteiger partial charge in [0, 0.05) is 21.0 Å². The number of hydrogen-bond donors (Lipinski definition) is 0. The number of rotatable bonds is 4. The Bertz CT molecular complexity index is 472. The lowest BCUT2D eigenvalue weighted by molar-refractivity contribution is 0.261. The minimum Gasteiger partial charge on any atom is -0.487 e. The second-order valence-electron chi connectivity index (χ2n) is 5.86. The van der Waals surface area contributed by atoms with Crippen molar-refractivity contribution < 1.29 is 18.9 Å². The molecule has 128 valence electrons. The zero-order valence-electron chi connectivity index (χ0n) is 13.4. The molecule has 0 saturated heterocycles. The summed E-state index contributed by atoms with van der Waals surface area (Å²) in [6, 6.07) is 0. The number of methoxy groups -OCH3 is 4. The van der Waals surface area contributed by atoms with Crippen LogP contribution in [0.1, 0.15) is 6.42 Å². The predicted octanol–water partition coefficient (Wildman–Crippen LogP) is 3.91. The van der Waals surface area contributed by atoms with Gasteiger partial charge < -0.3 is 18.9 Å². The van der Waals surface area contributed by atoms with E-state index in [0.29, 0.717) is 32.8 Å². The molecule has 0 aromatic heterocycles. The van der Waals surface area contributed by atoms with E-state index in [-0.39, 0.29) is 0 Å². The summed E-state index contributed by atoms with van der Waals surface area (Å²) in [6.45, 7) is 0. The lowest BCUT2D eigenvalue weighted by Gasteiger charge is -2.43. The van der Waals surface area contributed by atoms with Gasteiger partial charge in [0.25, 0.3) is 0 Å². The molecule has 4 aliphatic rings. The minimum absolute atomic E-state index is 0.607. The first-order chi connectivity index (χ1) is 11.2. The smallest absolute Gasteiger partial charge is 0.202 e. The van der Waals surface area contributed by atoms with Crippen LogP contribution in [0.5, 0.6) is 0 Å². The van der Waals surface area contributed by atoms with Gasteiger partial charge in [-0.15, -0.1) is 0 Å². The molecule has 0 radical (unpaired) electrons. The molecular weight excluding hydrogens is 372 g/mol. The summed E-state index contributed by atoms with van der Waals surface area (Å²) in [5.41, 5.74) is 0. The van der Waals surface area contributed by atoms with E-state index in [1.54, 1.807) is 28.4 Å². The van der Waals surface area contributed by atoms with Crippen molar-refractivity contribution in [2.45, 2.75) is 27.4 Å². The summed E-state index contributed by atoms with van der Waals surface area (Å²) in [5, 5.41) is 6.19. The first kappa shape index (κ1) is 16.5. The zero-order valence-corrected chi connectivity index (χ0v) is 16.7. The average Bonchev–Trinajstić information content (AvgIpc) is 3.15. The molecule has 0 spiro atoms. The van der Waals surface area contributed by atoms with Gasteiger partial charge in [-0.25, -0.2) is 0 Å². The van der Waals surface area contributed by atoms with Gasteiger partial charge in [-0.3, -0.25) is 0 Å². The topological polar surface area (TPSA) is 36.9 Å². The van der Waals surface area contributed by atoms with Crippen LogP contribution in [0, 0.1) is 11.8 Å². The number of thioether (sulfide) groups is 4. The predicted molar refractivity (Wildman–Crippen MR) is 99.2 cm³/mol. The van der Waals surface area contributed by atoms with Gasteiger partial charge in [0.2, 0.25) is 20.4 Å². The van der Waals surface area contributed by atoms with Crippen LogP contribution in [0.25, 0.3) is 0 Å². The maximum absolute atomic E-state index is 5.55. The molecule has 2 fully saturated rings. The van der Waals surface area contributed by atoms with Crippen LogP contribution in [-0.2, 0) is 18.9 Å². The monoisotopic (exact) mass is 392 g/mol. The molecule has 0 aromatic carbocycles. The molecule has 2 unspecified atom stereocenters. The van der Waals surface area contributed by atoms with Crippen molar-refractivity contribution in [2.75, 3.05) is 28.4 Å². The standard InChI is InChI=1S/C15H20O4S4/c1-16-12-13(17-2)21-9-7-5-6(8(9)20-12)10-11(7)23-15(19-4)14(18-3)22-10/h6-11H,5H2,1-4H3/t6?,7?,8-,9-,10+,11+. The molecule has 0 aromatic rings. The fourth-order valence-corrected chi connectivity index (χ4v) is 10.7. The summed E-state index contributed by atoms with van der Waals surface area (Å²) in [6.07, 6.45) is 1.28. The third-order valence-corrected chi connectivity index (χ3v) is 11.5. The van der Waals surface area contributed by atoms with Crippen LogP contribution in [0.2, 0.25) is 0 Å². The highest BCUT2D eigenvalue weighted by Crippen LogP contribution is 2.67. The summed E-state index contributed by atoms with van der Waals surface area (Å²) >= 11 is 7.48. The van der Waals surface area contributed by atoms with E-state index < -0.39 is 0 Å². The van der Waals surface area contributed by atoms with Crippen molar-refractivity contribution >= 4 is 47.0 Å². The van der Waals surface area contributed by atoms with Crippen molar-refractivity contribution in [2.24, 2.45) is 11.8 Å².